The Morgan fingerprint density at radius 2 is 1.82 bits per heavy atom. The highest BCUT2D eigenvalue weighted by Gasteiger charge is 2.51. The average Bonchev–Trinajstić information content (AvgIpc) is 3.17. The van der Waals surface area contributed by atoms with Gasteiger partial charge in [-0.1, -0.05) is 0 Å². The van der Waals surface area contributed by atoms with E-state index in [0.29, 0.717) is 11.6 Å². The van der Waals surface area contributed by atoms with Gasteiger partial charge < -0.3 is 14.0 Å². The Bertz CT molecular complexity index is 988. The minimum absolute atomic E-state index is 0.375. The lowest BCUT2D eigenvalue weighted by atomic mass is 9.79. The van der Waals surface area contributed by atoms with E-state index in [1.807, 2.05) is 57.3 Å². The molecular weight excluding hydrogens is 360 g/mol. The maximum atomic E-state index is 13.2. The lowest BCUT2D eigenvalue weighted by Crippen LogP contribution is -2.41. The number of pyridine rings is 2. The van der Waals surface area contributed by atoms with Gasteiger partial charge in [-0.05, 0) is 64.3 Å². The third-order valence-corrected chi connectivity index (χ3v) is 5.48. The highest BCUT2D eigenvalue weighted by molar-refractivity contribution is 6.62. The van der Waals surface area contributed by atoms with Gasteiger partial charge in [-0.15, -0.1) is 0 Å². The molecule has 146 valence electrons. The van der Waals surface area contributed by atoms with Crippen molar-refractivity contribution in [3.63, 3.8) is 0 Å². The molecule has 0 saturated carbocycles. The van der Waals surface area contributed by atoms with E-state index in [-0.39, 0.29) is 11.9 Å². The van der Waals surface area contributed by atoms with Crippen molar-refractivity contribution in [3.05, 3.63) is 54.4 Å². The molecule has 0 bridgehead atoms. The van der Waals surface area contributed by atoms with Crippen LogP contribution in [0, 0.1) is 5.82 Å². The summed E-state index contributed by atoms with van der Waals surface area (Å²) in [5, 5.41) is 0. The maximum absolute atomic E-state index is 13.2. The van der Waals surface area contributed by atoms with Gasteiger partial charge in [-0.25, -0.2) is 9.37 Å². The van der Waals surface area contributed by atoms with Crippen LogP contribution in [0.5, 0.6) is 5.88 Å². The van der Waals surface area contributed by atoms with Gasteiger partial charge in [0.2, 0.25) is 0 Å². The fraction of sp³-hybridized carbons (Fsp3) is 0.400. The average molecular weight is 383 g/mol. The van der Waals surface area contributed by atoms with Crippen molar-refractivity contribution >= 4 is 18.2 Å². The molecule has 1 fully saturated rings. The van der Waals surface area contributed by atoms with Crippen molar-refractivity contribution < 1.29 is 18.4 Å². The fourth-order valence-electron chi connectivity index (χ4n) is 3.09. The highest BCUT2D eigenvalue weighted by atomic mass is 19.1. The molecule has 3 aromatic rings. The molecule has 1 saturated heterocycles. The van der Waals surface area contributed by atoms with Crippen LogP contribution in [0.3, 0.4) is 0 Å². The number of imidazole rings is 1. The molecule has 3 aromatic heterocycles. The van der Waals surface area contributed by atoms with Crippen LogP contribution in [-0.2, 0) is 9.31 Å². The van der Waals surface area contributed by atoms with Crippen LogP contribution < -0.4 is 10.2 Å². The smallest absolute Gasteiger partial charge is 0.469 e. The van der Waals surface area contributed by atoms with Crippen molar-refractivity contribution in [1.29, 1.82) is 0 Å². The maximum Gasteiger partial charge on any atom is 0.495 e. The number of hydrogen-bond acceptors (Lipinski definition) is 5. The van der Waals surface area contributed by atoms with E-state index in [1.165, 1.54) is 12.3 Å². The van der Waals surface area contributed by atoms with Gasteiger partial charge in [0, 0.05) is 12.4 Å². The van der Waals surface area contributed by atoms with E-state index in [0.717, 1.165) is 11.1 Å². The Labute approximate surface area is 163 Å². The minimum Gasteiger partial charge on any atom is -0.469 e. The molecule has 1 unspecified atom stereocenters. The van der Waals surface area contributed by atoms with Crippen LogP contribution in [0.25, 0.3) is 5.65 Å². The van der Waals surface area contributed by atoms with Crippen LogP contribution in [0.1, 0.15) is 46.4 Å². The Hall–Kier alpha value is -2.45. The molecule has 0 radical (unpaired) electrons. The van der Waals surface area contributed by atoms with Gasteiger partial charge in [0.15, 0.2) is 5.88 Å². The first-order valence-corrected chi connectivity index (χ1v) is 9.27. The van der Waals surface area contributed by atoms with Gasteiger partial charge >= 0.3 is 7.12 Å². The van der Waals surface area contributed by atoms with Gasteiger partial charge in [0.1, 0.15) is 17.6 Å². The molecule has 0 N–H and O–H groups in total. The second-order valence-electron chi connectivity index (χ2n) is 8.03. The highest BCUT2D eigenvalue weighted by Crippen LogP contribution is 2.36. The third kappa shape index (κ3) is 3.27. The van der Waals surface area contributed by atoms with Crippen molar-refractivity contribution in [2.45, 2.75) is 51.9 Å². The minimum atomic E-state index is -0.520. The van der Waals surface area contributed by atoms with E-state index < -0.39 is 18.3 Å². The number of halogens is 1. The number of ether oxygens (including phenoxy) is 1. The summed E-state index contributed by atoms with van der Waals surface area (Å²) in [5.74, 6) is 0.203. The van der Waals surface area contributed by atoms with Crippen molar-refractivity contribution in [2.24, 2.45) is 0 Å². The Morgan fingerprint density at radius 1 is 1.11 bits per heavy atom. The van der Waals surface area contributed by atoms with E-state index in [1.54, 1.807) is 12.3 Å². The zero-order valence-corrected chi connectivity index (χ0v) is 16.6. The predicted octanol–water partition coefficient (Wildman–Crippen LogP) is 3.31. The molecule has 28 heavy (non-hydrogen) atoms. The van der Waals surface area contributed by atoms with Gasteiger partial charge in [0.05, 0.1) is 23.1 Å². The first kappa shape index (κ1) is 18.9. The van der Waals surface area contributed by atoms with Crippen LogP contribution in [0.4, 0.5) is 4.39 Å². The molecule has 0 aromatic carbocycles. The first-order valence-electron chi connectivity index (χ1n) is 9.27. The molecule has 0 spiro atoms. The molecule has 1 atom stereocenters. The largest absolute Gasteiger partial charge is 0.495 e. The Morgan fingerprint density at radius 3 is 2.46 bits per heavy atom. The van der Waals surface area contributed by atoms with E-state index in [9.17, 15) is 4.39 Å². The molecule has 0 aliphatic carbocycles. The summed E-state index contributed by atoms with van der Waals surface area (Å²) in [6, 6.07) is 6.80. The number of fused-ring (bicyclic) bond motifs is 1. The summed E-state index contributed by atoms with van der Waals surface area (Å²) in [6.45, 7) is 9.92. The topological polar surface area (TPSA) is 57.9 Å². The summed E-state index contributed by atoms with van der Waals surface area (Å²) in [5.41, 5.74) is 1.31. The van der Waals surface area contributed by atoms with Crippen molar-refractivity contribution in [2.75, 3.05) is 0 Å². The van der Waals surface area contributed by atoms with Crippen molar-refractivity contribution in [3.8, 4) is 5.88 Å². The quantitative estimate of drug-likeness (QED) is 0.647. The van der Waals surface area contributed by atoms with E-state index in [4.69, 9.17) is 14.0 Å². The van der Waals surface area contributed by atoms with Crippen LogP contribution in [-0.4, -0.2) is 32.7 Å². The van der Waals surface area contributed by atoms with E-state index >= 15 is 0 Å². The Kier molecular flexibility index (Phi) is 4.43. The molecule has 1 aliphatic rings. The zero-order valence-electron chi connectivity index (χ0n) is 16.6. The normalized spacial score (nSPS) is 19.1. The SMILES string of the molecule is CC(Oc1cc(B2OC(C)(C)C(C)(C)O2)cc2nccn12)c1ccc(F)cn1. The Balaban J connectivity index is 1.67. The van der Waals surface area contributed by atoms with Crippen LogP contribution in [0.2, 0.25) is 0 Å². The number of nitrogens with zero attached hydrogens (tertiary/aromatic N) is 3. The summed E-state index contributed by atoms with van der Waals surface area (Å²) in [4.78, 5) is 8.49. The lowest BCUT2D eigenvalue weighted by Gasteiger charge is -2.32. The fourth-order valence-corrected chi connectivity index (χ4v) is 3.09. The lowest BCUT2D eigenvalue weighted by molar-refractivity contribution is 0.00578. The zero-order chi connectivity index (χ0) is 20.1. The molecule has 0 amide bonds. The third-order valence-electron chi connectivity index (χ3n) is 5.48. The monoisotopic (exact) mass is 383 g/mol. The second-order valence-corrected chi connectivity index (χ2v) is 8.03. The summed E-state index contributed by atoms with van der Waals surface area (Å²) >= 11 is 0. The van der Waals surface area contributed by atoms with Gasteiger partial charge in [-0.3, -0.25) is 9.38 Å². The first-order chi connectivity index (χ1) is 13.2. The molecule has 6 nitrogen and oxygen atoms in total. The predicted molar refractivity (Wildman–Crippen MR) is 104 cm³/mol. The summed E-state index contributed by atoms with van der Waals surface area (Å²) in [7, 11) is -0.520. The molecule has 8 heteroatoms. The summed E-state index contributed by atoms with van der Waals surface area (Å²) in [6.07, 6.45) is 4.34. The van der Waals surface area contributed by atoms with Crippen LogP contribution in [0.15, 0.2) is 42.9 Å². The molecular formula is C20H23BFN3O3. The standard InChI is InChI=1S/C20H23BFN3O3/c1-13(16-7-6-15(22)12-24-16)26-18-11-14(10-17-23-8-9-25(17)18)21-27-19(2,3)20(4,5)28-21/h6-13H,1-5H3. The molecule has 4 rings (SSSR count). The van der Waals surface area contributed by atoms with Gasteiger partial charge in [0.25, 0.3) is 0 Å². The van der Waals surface area contributed by atoms with Crippen molar-refractivity contribution in [1.82, 2.24) is 14.4 Å². The molecule has 1 aliphatic heterocycles. The second kappa shape index (κ2) is 6.56. The number of hydrogen-bond donors (Lipinski definition) is 0. The van der Waals surface area contributed by atoms with Gasteiger partial charge in [-0.2, -0.15) is 0 Å². The van der Waals surface area contributed by atoms with E-state index in [2.05, 4.69) is 9.97 Å². The van der Waals surface area contributed by atoms with Crippen LogP contribution >= 0.6 is 0 Å². The number of rotatable bonds is 4. The summed E-state index contributed by atoms with van der Waals surface area (Å²) < 4.78 is 33.5. The number of aromatic nitrogens is 3. The molecule has 4 heterocycles.